The molecule has 5 aromatic rings. The Balaban J connectivity index is 1.47. The van der Waals surface area contributed by atoms with E-state index in [1.54, 1.807) is 35.4 Å². The molecule has 0 bridgehead atoms. The second-order valence-corrected chi connectivity index (χ2v) is 8.43. The van der Waals surface area contributed by atoms with Crippen molar-refractivity contribution in [3.05, 3.63) is 106 Å². The summed E-state index contributed by atoms with van der Waals surface area (Å²) in [7, 11) is 0. The molecule has 32 heavy (non-hydrogen) atoms. The fraction of sp³-hybridized carbons (Fsp3) is 0.0833. The van der Waals surface area contributed by atoms with E-state index in [0.29, 0.717) is 39.3 Å². The first-order chi connectivity index (χ1) is 15.7. The van der Waals surface area contributed by atoms with Crippen molar-refractivity contribution in [1.29, 1.82) is 0 Å². The number of rotatable bonds is 6. The van der Waals surface area contributed by atoms with Gasteiger partial charge in [-0.15, -0.1) is 0 Å². The molecule has 0 aliphatic carbocycles. The molecule has 0 aliphatic heterocycles. The standard InChI is InChI=1S/C24H17ClN4O2S/c25-20-9-3-1-7-18(20)22-27-17(14-31-22)15-32-24-28-21-10-4-2-8-19(21)23(30)29(24)13-16-6-5-11-26-12-16/h1-12,14H,13,15H2. The fourth-order valence-corrected chi connectivity index (χ4v) is 4.43. The van der Waals surface area contributed by atoms with Gasteiger partial charge in [-0.05, 0) is 35.9 Å². The van der Waals surface area contributed by atoms with Crippen molar-refractivity contribution in [3.8, 4) is 11.5 Å². The Hall–Kier alpha value is -3.42. The van der Waals surface area contributed by atoms with Gasteiger partial charge in [0, 0.05) is 18.1 Å². The Bertz CT molecular complexity index is 1450. The van der Waals surface area contributed by atoms with Gasteiger partial charge in [-0.2, -0.15) is 0 Å². The largest absolute Gasteiger partial charge is 0.444 e. The minimum absolute atomic E-state index is 0.0844. The quantitative estimate of drug-likeness (QED) is 0.248. The number of aromatic nitrogens is 4. The van der Waals surface area contributed by atoms with Crippen LogP contribution >= 0.6 is 23.4 Å². The van der Waals surface area contributed by atoms with Crippen LogP contribution in [0.4, 0.5) is 0 Å². The molecule has 6 nitrogen and oxygen atoms in total. The van der Waals surface area contributed by atoms with Crippen LogP contribution < -0.4 is 5.56 Å². The summed E-state index contributed by atoms with van der Waals surface area (Å²) < 4.78 is 7.31. The number of benzene rings is 2. The topological polar surface area (TPSA) is 73.8 Å². The third-order valence-corrected chi connectivity index (χ3v) is 6.23. The van der Waals surface area contributed by atoms with Crippen LogP contribution in [0.3, 0.4) is 0 Å². The predicted octanol–water partition coefficient (Wildman–Crippen LogP) is 5.44. The molecule has 0 saturated carbocycles. The van der Waals surface area contributed by atoms with E-state index in [1.807, 2.05) is 48.5 Å². The molecule has 0 amide bonds. The van der Waals surface area contributed by atoms with E-state index in [1.165, 1.54) is 11.8 Å². The van der Waals surface area contributed by atoms with Gasteiger partial charge in [0.15, 0.2) is 5.16 Å². The maximum atomic E-state index is 13.2. The molecule has 2 aromatic carbocycles. The Labute approximate surface area is 192 Å². The number of hydrogen-bond donors (Lipinski definition) is 0. The summed E-state index contributed by atoms with van der Waals surface area (Å²) in [5.74, 6) is 0.955. The number of hydrogen-bond acceptors (Lipinski definition) is 6. The van der Waals surface area contributed by atoms with E-state index in [0.717, 1.165) is 16.8 Å². The Morgan fingerprint density at radius 2 is 1.84 bits per heavy atom. The minimum Gasteiger partial charge on any atom is -0.444 e. The van der Waals surface area contributed by atoms with Gasteiger partial charge < -0.3 is 4.42 Å². The average Bonchev–Trinajstić information content (AvgIpc) is 3.29. The third-order valence-electron chi connectivity index (χ3n) is 4.90. The van der Waals surface area contributed by atoms with E-state index < -0.39 is 0 Å². The molecule has 0 aliphatic rings. The Morgan fingerprint density at radius 3 is 2.69 bits per heavy atom. The smallest absolute Gasteiger partial charge is 0.262 e. The average molecular weight is 461 g/mol. The summed E-state index contributed by atoms with van der Waals surface area (Å²) in [5, 5.41) is 1.78. The van der Waals surface area contributed by atoms with Crippen LogP contribution in [0.1, 0.15) is 11.3 Å². The fourth-order valence-electron chi connectivity index (χ4n) is 3.34. The molecule has 0 spiro atoms. The summed E-state index contributed by atoms with van der Waals surface area (Å²) in [4.78, 5) is 26.7. The molecule has 0 saturated heterocycles. The van der Waals surface area contributed by atoms with Crippen molar-refractivity contribution in [2.45, 2.75) is 17.5 Å². The summed E-state index contributed by atoms with van der Waals surface area (Å²) in [5.41, 5.74) is 2.98. The SMILES string of the molecule is O=c1c2ccccc2nc(SCc2coc(-c3ccccc3Cl)n2)n1Cc1cccnc1. The molecule has 8 heteroatoms. The molecular formula is C24H17ClN4O2S. The van der Waals surface area contributed by atoms with Gasteiger partial charge >= 0.3 is 0 Å². The van der Waals surface area contributed by atoms with Crippen molar-refractivity contribution in [2.75, 3.05) is 0 Å². The summed E-state index contributed by atoms with van der Waals surface area (Å²) in [6.45, 7) is 0.385. The van der Waals surface area contributed by atoms with E-state index in [4.69, 9.17) is 21.0 Å². The lowest BCUT2D eigenvalue weighted by Gasteiger charge is -2.12. The van der Waals surface area contributed by atoms with Gasteiger partial charge in [-0.3, -0.25) is 14.3 Å². The maximum absolute atomic E-state index is 13.2. The lowest BCUT2D eigenvalue weighted by Crippen LogP contribution is -2.24. The van der Waals surface area contributed by atoms with Gasteiger partial charge in [0.25, 0.3) is 5.56 Å². The van der Waals surface area contributed by atoms with Crippen molar-refractivity contribution in [3.63, 3.8) is 0 Å². The summed E-state index contributed by atoms with van der Waals surface area (Å²) in [6.07, 6.45) is 5.07. The molecule has 0 unspecified atom stereocenters. The zero-order valence-electron chi connectivity index (χ0n) is 16.8. The van der Waals surface area contributed by atoms with Gasteiger partial charge in [0.05, 0.1) is 33.7 Å². The minimum atomic E-state index is -0.0844. The molecule has 0 fully saturated rings. The highest BCUT2D eigenvalue weighted by molar-refractivity contribution is 7.98. The molecule has 3 heterocycles. The zero-order chi connectivity index (χ0) is 21.9. The first-order valence-corrected chi connectivity index (χ1v) is 11.3. The number of halogens is 1. The lowest BCUT2D eigenvalue weighted by atomic mass is 10.2. The molecule has 0 radical (unpaired) electrons. The Kier molecular flexibility index (Phi) is 5.75. The van der Waals surface area contributed by atoms with Crippen LogP contribution in [0.15, 0.2) is 93.7 Å². The monoisotopic (exact) mass is 460 g/mol. The van der Waals surface area contributed by atoms with Crippen LogP contribution in [-0.4, -0.2) is 19.5 Å². The Morgan fingerprint density at radius 1 is 1.00 bits per heavy atom. The summed E-state index contributed by atoms with van der Waals surface area (Å²) in [6, 6.07) is 18.6. The highest BCUT2D eigenvalue weighted by atomic mass is 35.5. The normalized spacial score (nSPS) is 11.2. The van der Waals surface area contributed by atoms with Crippen LogP contribution in [0.2, 0.25) is 5.02 Å². The van der Waals surface area contributed by atoms with E-state index in [-0.39, 0.29) is 5.56 Å². The molecule has 5 rings (SSSR count). The van der Waals surface area contributed by atoms with E-state index in [2.05, 4.69) is 9.97 Å². The first kappa shape index (κ1) is 20.5. The lowest BCUT2D eigenvalue weighted by molar-refractivity contribution is 0.573. The van der Waals surface area contributed by atoms with Crippen LogP contribution in [0, 0.1) is 0 Å². The first-order valence-electron chi connectivity index (χ1n) is 9.89. The number of pyridine rings is 1. The molecule has 158 valence electrons. The van der Waals surface area contributed by atoms with Gasteiger partial charge in [0.2, 0.25) is 5.89 Å². The van der Waals surface area contributed by atoms with Crippen molar-refractivity contribution in [2.24, 2.45) is 0 Å². The van der Waals surface area contributed by atoms with Crippen LogP contribution in [0.25, 0.3) is 22.4 Å². The van der Waals surface area contributed by atoms with Crippen molar-refractivity contribution < 1.29 is 4.42 Å². The van der Waals surface area contributed by atoms with Crippen LogP contribution in [-0.2, 0) is 12.3 Å². The molecule has 3 aromatic heterocycles. The van der Waals surface area contributed by atoms with Crippen LogP contribution in [0.5, 0.6) is 0 Å². The second kappa shape index (κ2) is 8.98. The van der Waals surface area contributed by atoms with Gasteiger partial charge in [0.1, 0.15) is 6.26 Å². The number of fused-ring (bicyclic) bond motifs is 1. The van der Waals surface area contributed by atoms with Gasteiger partial charge in [-0.1, -0.05) is 53.7 Å². The maximum Gasteiger partial charge on any atom is 0.262 e. The number of thioether (sulfide) groups is 1. The van der Waals surface area contributed by atoms with Gasteiger partial charge in [-0.25, -0.2) is 9.97 Å². The number of oxazole rings is 1. The van der Waals surface area contributed by atoms with E-state index in [9.17, 15) is 4.79 Å². The highest BCUT2D eigenvalue weighted by Crippen LogP contribution is 2.29. The highest BCUT2D eigenvalue weighted by Gasteiger charge is 2.15. The third kappa shape index (κ3) is 4.17. The number of para-hydroxylation sites is 1. The van der Waals surface area contributed by atoms with Crippen molar-refractivity contribution >= 4 is 34.3 Å². The van der Waals surface area contributed by atoms with E-state index >= 15 is 0 Å². The zero-order valence-corrected chi connectivity index (χ0v) is 18.4. The predicted molar refractivity (Wildman–Crippen MR) is 126 cm³/mol. The second-order valence-electron chi connectivity index (χ2n) is 7.08. The molecule has 0 atom stereocenters. The molecule has 0 N–H and O–H groups in total. The number of nitrogens with zero attached hydrogens (tertiary/aromatic N) is 4. The molecular weight excluding hydrogens is 444 g/mol. The van der Waals surface area contributed by atoms with Crippen molar-refractivity contribution in [1.82, 2.24) is 19.5 Å². The summed E-state index contributed by atoms with van der Waals surface area (Å²) >= 11 is 7.69.